The molecule has 0 N–H and O–H groups in total. The molecule has 12 rings (SSSR count). The third-order valence-corrected chi connectivity index (χ3v) is 12.8. The summed E-state index contributed by atoms with van der Waals surface area (Å²) < 4.78 is 2.45. The molecule has 2 nitrogen and oxygen atoms in total. The zero-order valence-electron chi connectivity index (χ0n) is 35.1. The molecule has 0 spiro atoms. The molecular weight excluding hydrogens is 773 g/mol. The monoisotopic (exact) mass is 814 g/mol. The number of hydrogen-bond donors (Lipinski definition) is 0. The summed E-state index contributed by atoms with van der Waals surface area (Å²) in [5.41, 5.74) is 16.4. The van der Waals surface area contributed by atoms with E-state index in [9.17, 15) is 0 Å². The van der Waals surface area contributed by atoms with Crippen LogP contribution in [0.1, 0.15) is 0 Å². The maximum atomic E-state index is 2.45. The molecule has 0 amide bonds. The maximum Gasteiger partial charge on any atom is 0.0547 e. The van der Waals surface area contributed by atoms with Crippen LogP contribution in [0.25, 0.3) is 93.5 Å². The first-order valence-corrected chi connectivity index (χ1v) is 22.0. The first-order valence-electron chi connectivity index (χ1n) is 22.0. The molecule has 0 atom stereocenters. The third kappa shape index (κ3) is 6.61. The van der Waals surface area contributed by atoms with E-state index in [2.05, 4.69) is 264 Å². The van der Waals surface area contributed by atoms with E-state index in [0.29, 0.717) is 0 Å². The van der Waals surface area contributed by atoms with Crippen molar-refractivity contribution in [1.82, 2.24) is 4.57 Å². The highest BCUT2D eigenvalue weighted by Crippen LogP contribution is 2.42. The second kappa shape index (κ2) is 15.8. The van der Waals surface area contributed by atoms with Crippen molar-refractivity contribution in [2.24, 2.45) is 0 Å². The van der Waals surface area contributed by atoms with Crippen molar-refractivity contribution in [3.05, 3.63) is 255 Å². The van der Waals surface area contributed by atoms with Crippen LogP contribution < -0.4 is 4.90 Å². The highest BCUT2D eigenvalue weighted by Gasteiger charge is 2.19. The SMILES string of the molecule is c1ccc(-c2ccc(-c3ccc(N(c4ccc(-c5ccccc5-n5c6ccccc6c6cc7ccccc7cc65)cc4)c4cccc(-c5cccc6ccccc56)c4)cc3)cc2)cc1. The molecule has 1 heterocycles. The molecule has 2 heteroatoms. The van der Waals surface area contributed by atoms with E-state index in [4.69, 9.17) is 0 Å². The Balaban J connectivity index is 0.958. The zero-order chi connectivity index (χ0) is 42.4. The fraction of sp³-hybridized carbons (Fsp3) is 0. The summed E-state index contributed by atoms with van der Waals surface area (Å²) >= 11 is 0. The van der Waals surface area contributed by atoms with Gasteiger partial charge in [0.1, 0.15) is 0 Å². The van der Waals surface area contributed by atoms with Crippen LogP contribution in [0.2, 0.25) is 0 Å². The fourth-order valence-corrected chi connectivity index (χ4v) is 9.64. The first-order chi connectivity index (χ1) is 31.7. The topological polar surface area (TPSA) is 8.17 Å². The summed E-state index contributed by atoms with van der Waals surface area (Å²) in [7, 11) is 0. The molecule has 0 unspecified atom stereocenters. The van der Waals surface area contributed by atoms with E-state index in [1.165, 1.54) is 82.3 Å². The van der Waals surface area contributed by atoms with Crippen LogP contribution in [0, 0.1) is 0 Å². The Morgan fingerprint density at radius 2 is 0.750 bits per heavy atom. The second-order valence-electron chi connectivity index (χ2n) is 16.5. The van der Waals surface area contributed by atoms with Gasteiger partial charge in [-0.1, -0.05) is 194 Å². The van der Waals surface area contributed by atoms with Gasteiger partial charge in [0.15, 0.2) is 0 Å². The van der Waals surface area contributed by atoms with Crippen LogP contribution in [0.4, 0.5) is 17.1 Å². The molecule has 0 bridgehead atoms. The van der Waals surface area contributed by atoms with Gasteiger partial charge in [0.2, 0.25) is 0 Å². The van der Waals surface area contributed by atoms with E-state index in [-0.39, 0.29) is 0 Å². The number of benzene rings is 11. The highest BCUT2D eigenvalue weighted by atomic mass is 15.1. The normalized spacial score (nSPS) is 11.4. The predicted molar refractivity (Wildman–Crippen MR) is 272 cm³/mol. The average molecular weight is 815 g/mol. The quantitative estimate of drug-likeness (QED) is 0.148. The fourth-order valence-electron chi connectivity index (χ4n) is 9.64. The molecule has 300 valence electrons. The van der Waals surface area contributed by atoms with Crippen molar-refractivity contribution in [3.8, 4) is 50.2 Å². The van der Waals surface area contributed by atoms with Crippen LogP contribution in [0.5, 0.6) is 0 Å². The highest BCUT2D eigenvalue weighted by molar-refractivity contribution is 6.14. The van der Waals surface area contributed by atoms with Crippen LogP contribution in [0.3, 0.4) is 0 Å². The van der Waals surface area contributed by atoms with E-state index in [0.717, 1.165) is 28.3 Å². The summed E-state index contributed by atoms with van der Waals surface area (Å²) in [4.78, 5) is 2.38. The first kappa shape index (κ1) is 37.3. The van der Waals surface area contributed by atoms with Crippen LogP contribution >= 0.6 is 0 Å². The van der Waals surface area contributed by atoms with Crippen molar-refractivity contribution in [2.45, 2.75) is 0 Å². The minimum absolute atomic E-state index is 1.08. The van der Waals surface area contributed by atoms with Crippen molar-refractivity contribution < 1.29 is 0 Å². The molecule has 12 aromatic rings. The molecule has 0 saturated carbocycles. The number of hydrogen-bond acceptors (Lipinski definition) is 1. The molecule has 0 aliphatic rings. The van der Waals surface area contributed by atoms with Gasteiger partial charge in [-0.25, -0.2) is 0 Å². The van der Waals surface area contributed by atoms with E-state index < -0.39 is 0 Å². The largest absolute Gasteiger partial charge is 0.310 e. The summed E-state index contributed by atoms with van der Waals surface area (Å²) in [6, 6.07) is 92.7. The van der Waals surface area contributed by atoms with Gasteiger partial charge in [0.25, 0.3) is 0 Å². The molecule has 0 saturated heterocycles. The van der Waals surface area contributed by atoms with Crippen LogP contribution in [0.15, 0.2) is 255 Å². The van der Waals surface area contributed by atoms with Crippen molar-refractivity contribution in [2.75, 3.05) is 4.90 Å². The average Bonchev–Trinajstić information content (AvgIpc) is 3.69. The van der Waals surface area contributed by atoms with Gasteiger partial charge in [-0.3, -0.25) is 0 Å². The molecule has 0 fully saturated rings. The Labute approximate surface area is 373 Å². The van der Waals surface area contributed by atoms with Gasteiger partial charge in [-0.15, -0.1) is 0 Å². The number of fused-ring (bicyclic) bond motifs is 5. The molecular formula is C62H42N2. The Hall–Kier alpha value is -8.46. The van der Waals surface area contributed by atoms with Gasteiger partial charge in [-0.05, 0) is 121 Å². The Kier molecular flexibility index (Phi) is 9.20. The lowest BCUT2D eigenvalue weighted by molar-refractivity contribution is 1.18. The minimum Gasteiger partial charge on any atom is -0.310 e. The molecule has 0 aliphatic heterocycles. The predicted octanol–water partition coefficient (Wildman–Crippen LogP) is 17.2. The van der Waals surface area contributed by atoms with E-state index in [1.807, 2.05) is 0 Å². The standard InChI is InChI=1S/C62H42N2/c1-2-14-43(15-3-1)44-28-30-45(31-29-44)46-32-36-52(37-33-46)63(54-21-12-20-51(40-54)56-25-13-19-47-16-6-7-22-55(47)56)53-38-34-48(35-39-53)57-23-8-10-26-60(57)64-61-27-11-9-24-58(61)59-41-49-17-4-5-18-50(49)42-62(59)64/h1-42H. The van der Waals surface area contributed by atoms with Gasteiger partial charge < -0.3 is 9.47 Å². The lowest BCUT2D eigenvalue weighted by Gasteiger charge is -2.27. The lowest BCUT2D eigenvalue weighted by atomic mass is 9.97. The summed E-state index contributed by atoms with van der Waals surface area (Å²) in [5, 5.41) is 7.48. The molecule has 0 aliphatic carbocycles. The lowest BCUT2D eigenvalue weighted by Crippen LogP contribution is -2.10. The molecule has 0 radical (unpaired) electrons. The van der Waals surface area contributed by atoms with E-state index >= 15 is 0 Å². The van der Waals surface area contributed by atoms with Gasteiger partial charge in [0.05, 0.1) is 16.7 Å². The Bertz CT molecular complexity index is 3630. The number of aromatic nitrogens is 1. The molecule has 64 heavy (non-hydrogen) atoms. The Morgan fingerprint density at radius 1 is 0.250 bits per heavy atom. The van der Waals surface area contributed by atoms with Gasteiger partial charge in [0, 0.05) is 33.4 Å². The second-order valence-corrected chi connectivity index (χ2v) is 16.5. The maximum absolute atomic E-state index is 2.45. The van der Waals surface area contributed by atoms with Crippen LogP contribution in [-0.2, 0) is 0 Å². The number of para-hydroxylation sites is 2. The molecule has 1 aromatic heterocycles. The zero-order valence-corrected chi connectivity index (χ0v) is 35.1. The van der Waals surface area contributed by atoms with E-state index in [1.54, 1.807) is 0 Å². The molecule has 11 aromatic carbocycles. The third-order valence-electron chi connectivity index (χ3n) is 12.8. The van der Waals surface area contributed by atoms with Crippen molar-refractivity contribution in [1.29, 1.82) is 0 Å². The summed E-state index contributed by atoms with van der Waals surface area (Å²) in [5.74, 6) is 0. The minimum atomic E-state index is 1.08. The number of rotatable bonds is 8. The number of anilines is 3. The smallest absolute Gasteiger partial charge is 0.0547 e. The Morgan fingerprint density at radius 3 is 1.48 bits per heavy atom. The van der Waals surface area contributed by atoms with Crippen molar-refractivity contribution in [3.63, 3.8) is 0 Å². The van der Waals surface area contributed by atoms with Gasteiger partial charge in [-0.2, -0.15) is 0 Å². The summed E-state index contributed by atoms with van der Waals surface area (Å²) in [6.45, 7) is 0. The summed E-state index contributed by atoms with van der Waals surface area (Å²) in [6.07, 6.45) is 0. The van der Waals surface area contributed by atoms with Gasteiger partial charge >= 0.3 is 0 Å². The number of nitrogens with zero attached hydrogens (tertiary/aromatic N) is 2. The van der Waals surface area contributed by atoms with Crippen LogP contribution in [-0.4, -0.2) is 4.57 Å². The van der Waals surface area contributed by atoms with Crippen molar-refractivity contribution >= 4 is 60.4 Å².